The molecule has 0 saturated carbocycles. The van der Waals surface area contributed by atoms with Crippen LogP contribution in [-0.2, 0) is 14.3 Å². The van der Waals surface area contributed by atoms with Gasteiger partial charge in [0.05, 0.1) is 10.0 Å². The fourth-order valence-corrected chi connectivity index (χ4v) is 2.16. The highest BCUT2D eigenvalue weighted by Crippen LogP contribution is 2.22. The molecule has 0 aliphatic heterocycles. The normalized spacial score (nSPS) is 10.2. The molecule has 0 atom stereocenters. The number of nitrogens with one attached hydrogen (secondary N) is 2. The van der Waals surface area contributed by atoms with E-state index in [9.17, 15) is 23.2 Å². The van der Waals surface area contributed by atoms with E-state index in [-0.39, 0.29) is 21.3 Å². The predicted molar refractivity (Wildman–Crippen MR) is 94.7 cm³/mol. The van der Waals surface area contributed by atoms with Gasteiger partial charge >= 0.3 is 5.97 Å². The van der Waals surface area contributed by atoms with Crippen molar-refractivity contribution in [1.29, 1.82) is 0 Å². The molecule has 142 valence electrons. The maximum Gasteiger partial charge on any atom is 0.325 e. The zero-order valence-corrected chi connectivity index (χ0v) is 15.0. The van der Waals surface area contributed by atoms with Gasteiger partial charge in [-0.1, -0.05) is 23.2 Å². The second kappa shape index (κ2) is 9.29. The Morgan fingerprint density at radius 3 is 2.37 bits per heavy atom. The molecule has 27 heavy (non-hydrogen) atoms. The molecule has 6 nitrogen and oxygen atoms in total. The highest BCUT2D eigenvalue weighted by atomic mass is 35.5. The van der Waals surface area contributed by atoms with Crippen molar-refractivity contribution in [2.45, 2.75) is 0 Å². The average Bonchev–Trinajstić information content (AvgIpc) is 2.63. The Morgan fingerprint density at radius 1 is 0.963 bits per heavy atom. The number of rotatable bonds is 6. The molecule has 0 aliphatic rings. The summed E-state index contributed by atoms with van der Waals surface area (Å²) in [5.74, 6) is -4.40. The summed E-state index contributed by atoms with van der Waals surface area (Å²) in [4.78, 5) is 35.1. The maximum atomic E-state index is 13.0. The third-order valence-electron chi connectivity index (χ3n) is 3.14. The molecule has 0 saturated heterocycles. The molecule has 0 radical (unpaired) electrons. The van der Waals surface area contributed by atoms with Crippen molar-refractivity contribution in [3.05, 3.63) is 63.6 Å². The van der Waals surface area contributed by atoms with E-state index in [0.29, 0.717) is 0 Å². The topological polar surface area (TPSA) is 84.5 Å². The Balaban J connectivity index is 1.76. The van der Waals surface area contributed by atoms with Crippen molar-refractivity contribution in [3.8, 4) is 0 Å². The first-order valence-corrected chi connectivity index (χ1v) is 8.15. The van der Waals surface area contributed by atoms with Crippen LogP contribution in [0.5, 0.6) is 0 Å². The molecule has 2 amide bonds. The lowest BCUT2D eigenvalue weighted by atomic mass is 10.2. The number of carbonyl (C=O) groups excluding carboxylic acids is 3. The summed E-state index contributed by atoms with van der Waals surface area (Å²) in [6.45, 7) is -1.15. The summed E-state index contributed by atoms with van der Waals surface area (Å²) in [6.07, 6.45) is 0. The number of carbonyl (C=O) groups is 3. The molecule has 0 fully saturated rings. The van der Waals surface area contributed by atoms with Gasteiger partial charge in [0.1, 0.15) is 6.54 Å². The van der Waals surface area contributed by atoms with Crippen LogP contribution in [0.1, 0.15) is 10.4 Å². The summed E-state index contributed by atoms with van der Waals surface area (Å²) in [6, 6.07) is 6.96. The van der Waals surface area contributed by atoms with Crippen LogP contribution in [0.2, 0.25) is 10.0 Å². The van der Waals surface area contributed by atoms with Crippen LogP contribution in [0.3, 0.4) is 0 Å². The van der Waals surface area contributed by atoms with E-state index < -0.39 is 42.6 Å². The van der Waals surface area contributed by atoms with E-state index in [2.05, 4.69) is 15.4 Å². The number of esters is 1. The van der Waals surface area contributed by atoms with Crippen molar-refractivity contribution in [1.82, 2.24) is 5.32 Å². The quantitative estimate of drug-likeness (QED) is 0.708. The third kappa shape index (κ3) is 6.19. The first kappa shape index (κ1) is 20.6. The largest absolute Gasteiger partial charge is 0.454 e. The second-order valence-electron chi connectivity index (χ2n) is 5.15. The number of ether oxygens (including phenoxy) is 1. The van der Waals surface area contributed by atoms with E-state index in [1.807, 2.05) is 0 Å². The second-order valence-corrected chi connectivity index (χ2v) is 5.96. The van der Waals surface area contributed by atoms with Gasteiger partial charge in [-0.3, -0.25) is 14.4 Å². The minimum Gasteiger partial charge on any atom is -0.454 e. The van der Waals surface area contributed by atoms with Gasteiger partial charge in [0.2, 0.25) is 0 Å². The van der Waals surface area contributed by atoms with Gasteiger partial charge in [0.15, 0.2) is 18.2 Å². The van der Waals surface area contributed by atoms with Crippen LogP contribution in [0.4, 0.5) is 14.5 Å². The lowest BCUT2D eigenvalue weighted by Gasteiger charge is -2.08. The summed E-state index contributed by atoms with van der Waals surface area (Å²) >= 11 is 11.5. The van der Waals surface area contributed by atoms with Crippen molar-refractivity contribution in [3.63, 3.8) is 0 Å². The molecule has 0 unspecified atom stereocenters. The van der Waals surface area contributed by atoms with E-state index in [4.69, 9.17) is 23.2 Å². The van der Waals surface area contributed by atoms with Gasteiger partial charge in [-0.15, -0.1) is 0 Å². The molecule has 0 bridgehead atoms. The van der Waals surface area contributed by atoms with E-state index >= 15 is 0 Å². The Labute approximate surface area is 162 Å². The van der Waals surface area contributed by atoms with Crippen molar-refractivity contribution in [2.24, 2.45) is 0 Å². The molecule has 0 aromatic heterocycles. The summed E-state index contributed by atoms with van der Waals surface area (Å²) in [5, 5.41) is 4.98. The van der Waals surface area contributed by atoms with Crippen molar-refractivity contribution >= 4 is 46.7 Å². The van der Waals surface area contributed by atoms with Gasteiger partial charge in [0.25, 0.3) is 11.8 Å². The Kier molecular flexibility index (Phi) is 7.09. The van der Waals surface area contributed by atoms with E-state index in [0.717, 1.165) is 18.2 Å². The first-order chi connectivity index (χ1) is 12.8. The van der Waals surface area contributed by atoms with E-state index in [1.54, 1.807) is 0 Å². The fourth-order valence-electron chi connectivity index (χ4n) is 1.86. The van der Waals surface area contributed by atoms with E-state index in [1.165, 1.54) is 18.2 Å². The maximum absolute atomic E-state index is 13.0. The molecular formula is C17H12Cl2F2N2O4. The zero-order valence-electron chi connectivity index (χ0n) is 13.5. The lowest BCUT2D eigenvalue weighted by Crippen LogP contribution is -2.32. The minimum atomic E-state index is -1.13. The number of anilines is 1. The van der Waals surface area contributed by atoms with Crippen molar-refractivity contribution in [2.75, 3.05) is 18.5 Å². The monoisotopic (exact) mass is 416 g/mol. The SMILES string of the molecule is O=C(COC(=O)CNC(=O)c1ccc(Cl)c(Cl)c1)Nc1ccc(F)c(F)c1. The molecule has 0 heterocycles. The van der Waals surface area contributed by atoms with Gasteiger partial charge in [-0.05, 0) is 30.3 Å². The van der Waals surface area contributed by atoms with Gasteiger partial charge in [0, 0.05) is 17.3 Å². The number of hydrogen-bond donors (Lipinski definition) is 2. The van der Waals surface area contributed by atoms with Crippen LogP contribution in [0.15, 0.2) is 36.4 Å². The molecule has 0 aliphatic carbocycles. The fraction of sp³-hybridized carbons (Fsp3) is 0.118. The standard InChI is InChI=1S/C17H12Cl2F2N2O4/c18-11-3-1-9(5-12(11)19)17(26)22-7-16(25)27-8-15(24)23-10-2-4-13(20)14(21)6-10/h1-6H,7-8H2,(H,22,26)(H,23,24). The highest BCUT2D eigenvalue weighted by Gasteiger charge is 2.12. The lowest BCUT2D eigenvalue weighted by molar-refractivity contribution is -0.146. The minimum absolute atomic E-state index is 0.00266. The Morgan fingerprint density at radius 2 is 1.70 bits per heavy atom. The van der Waals surface area contributed by atoms with Gasteiger partial charge in [-0.2, -0.15) is 0 Å². The molecule has 2 N–H and O–H groups in total. The van der Waals surface area contributed by atoms with Crippen LogP contribution in [0.25, 0.3) is 0 Å². The van der Waals surface area contributed by atoms with Crippen LogP contribution in [0, 0.1) is 11.6 Å². The zero-order chi connectivity index (χ0) is 20.0. The van der Waals surface area contributed by atoms with Crippen LogP contribution >= 0.6 is 23.2 Å². The Bertz CT molecular complexity index is 893. The predicted octanol–water partition coefficient (Wildman–Crippen LogP) is 3.18. The number of amides is 2. The molecule has 2 rings (SSSR count). The smallest absolute Gasteiger partial charge is 0.325 e. The molecule has 2 aromatic carbocycles. The van der Waals surface area contributed by atoms with Gasteiger partial charge < -0.3 is 15.4 Å². The third-order valence-corrected chi connectivity index (χ3v) is 3.88. The number of hydrogen-bond acceptors (Lipinski definition) is 4. The molecule has 10 heteroatoms. The summed E-state index contributed by atoms with van der Waals surface area (Å²) in [7, 11) is 0. The summed E-state index contributed by atoms with van der Waals surface area (Å²) < 4.78 is 30.5. The Hall–Kier alpha value is -2.71. The molecule has 0 spiro atoms. The molecule has 2 aromatic rings. The average molecular weight is 417 g/mol. The number of halogens is 4. The van der Waals surface area contributed by atoms with Crippen molar-refractivity contribution < 1.29 is 27.9 Å². The van der Waals surface area contributed by atoms with Crippen LogP contribution < -0.4 is 10.6 Å². The first-order valence-electron chi connectivity index (χ1n) is 7.40. The highest BCUT2D eigenvalue weighted by molar-refractivity contribution is 6.42. The van der Waals surface area contributed by atoms with Crippen LogP contribution in [-0.4, -0.2) is 30.9 Å². The summed E-state index contributed by atoms with van der Waals surface area (Å²) in [5.41, 5.74) is 0.191. The van der Waals surface area contributed by atoms with Gasteiger partial charge in [-0.25, -0.2) is 8.78 Å². The number of benzene rings is 2. The molecular weight excluding hydrogens is 405 g/mol.